The van der Waals surface area contributed by atoms with Crippen LogP contribution in [0.25, 0.3) is 22.6 Å². The largest absolute Gasteiger partial charge is 0.493 e. The lowest BCUT2D eigenvalue weighted by Gasteiger charge is -2.24. The van der Waals surface area contributed by atoms with Crippen LogP contribution in [0.15, 0.2) is 64.2 Å². The van der Waals surface area contributed by atoms with E-state index in [1.54, 1.807) is 69.3 Å². The maximum atomic E-state index is 12.6. The van der Waals surface area contributed by atoms with E-state index in [4.69, 9.17) is 36.0 Å². The number of aliphatic hydroxyl groups is 1. The van der Waals surface area contributed by atoms with Crippen LogP contribution in [0.3, 0.4) is 0 Å². The minimum absolute atomic E-state index is 0.0207. The van der Waals surface area contributed by atoms with Gasteiger partial charge in [-0.25, -0.2) is 19.6 Å². The number of carbonyl (C=O) groups is 3. The number of benzene rings is 2. The van der Waals surface area contributed by atoms with Crippen LogP contribution in [0.4, 0.5) is 10.6 Å². The number of nitrogen functional groups attached to an aromatic ring is 1. The van der Waals surface area contributed by atoms with Crippen molar-refractivity contribution in [2.45, 2.75) is 69.2 Å². The van der Waals surface area contributed by atoms with Gasteiger partial charge in [0.2, 0.25) is 11.8 Å². The maximum Gasteiger partial charge on any atom is 0.408 e. The number of nitrogens with one attached hydrogen (secondary N) is 2. The average Bonchev–Trinajstić information content (AvgIpc) is 3.61. The molecule has 287 valence electrons. The van der Waals surface area contributed by atoms with E-state index in [0.29, 0.717) is 44.3 Å². The molecule has 0 aliphatic carbocycles. The van der Waals surface area contributed by atoms with E-state index in [0.717, 1.165) is 5.56 Å². The summed E-state index contributed by atoms with van der Waals surface area (Å²) in [7, 11) is 0. The van der Waals surface area contributed by atoms with Crippen LogP contribution in [0.5, 0.6) is 5.75 Å². The van der Waals surface area contributed by atoms with Crippen LogP contribution < -0.4 is 21.1 Å². The highest BCUT2D eigenvalue weighted by molar-refractivity contribution is 7.98. The number of halogens is 1. The normalized spacial score (nSPS) is 12.7. The molecule has 55 heavy (non-hydrogen) atoms. The quantitative estimate of drug-likeness (QED) is 0.0654. The van der Waals surface area contributed by atoms with Gasteiger partial charge in [-0.3, -0.25) is 4.79 Å². The van der Waals surface area contributed by atoms with Crippen molar-refractivity contribution in [3.05, 3.63) is 83.1 Å². The van der Waals surface area contributed by atoms with Gasteiger partial charge in [-0.1, -0.05) is 35.5 Å². The molecule has 2 aromatic heterocycles. The molecule has 0 unspecified atom stereocenters. The number of pyridine rings is 1. The number of esters is 1. The van der Waals surface area contributed by atoms with Gasteiger partial charge in [0.25, 0.3) is 0 Å². The van der Waals surface area contributed by atoms with Gasteiger partial charge < -0.3 is 40.1 Å². The number of rotatable bonds is 15. The number of anilines is 1. The molecule has 0 aliphatic heterocycles. The van der Waals surface area contributed by atoms with Gasteiger partial charge in [-0.2, -0.15) is 10.5 Å². The molecule has 3 atom stereocenters. The van der Waals surface area contributed by atoms with E-state index in [9.17, 15) is 30.0 Å². The number of aromatic nitrogens is 2. The fraction of sp³-hybridized carbons (Fsp3) is 0.316. The van der Waals surface area contributed by atoms with Crippen LogP contribution in [-0.4, -0.2) is 70.0 Å². The number of alkyl carbamates (subject to hydrolysis) is 1. The van der Waals surface area contributed by atoms with Crippen molar-refractivity contribution in [1.29, 1.82) is 10.5 Å². The highest BCUT2D eigenvalue weighted by atomic mass is 35.5. The number of carbonyl (C=O) groups excluding carboxylic acids is 3. The summed E-state index contributed by atoms with van der Waals surface area (Å²) in [6.07, 6.45) is 0.919. The molecule has 0 aliphatic rings. The number of aliphatic hydroxyl groups excluding tert-OH is 1. The highest BCUT2D eigenvalue weighted by Gasteiger charge is 2.30. The molecule has 2 heterocycles. The SMILES string of the molecule is C[C@H](NC(=O)OC(C)(C)C)C(=O)N[C@H](C(=O)OC[CH]COc1ccc(-c2c(C#N)c(N)nc(SCc3coc(-c4ccc(Cl)cc4)n3)c2C#N)cc1)[C@@H](C)O. The minimum Gasteiger partial charge on any atom is -0.493 e. The van der Waals surface area contributed by atoms with E-state index in [-0.39, 0.29) is 30.2 Å². The van der Waals surface area contributed by atoms with Crippen molar-refractivity contribution in [3.63, 3.8) is 0 Å². The highest BCUT2D eigenvalue weighted by Crippen LogP contribution is 2.37. The first kappa shape index (κ1) is 41.9. The van der Waals surface area contributed by atoms with Crippen molar-refractivity contribution < 1.29 is 38.1 Å². The monoisotopic (exact) mass is 788 g/mol. The van der Waals surface area contributed by atoms with Gasteiger partial charge in [0.1, 0.15) is 52.2 Å². The number of hydrogen-bond acceptors (Lipinski definition) is 14. The Morgan fingerprint density at radius 2 is 1.65 bits per heavy atom. The third-order valence-electron chi connectivity index (χ3n) is 7.43. The molecule has 15 nitrogen and oxygen atoms in total. The Morgan fingerprint density at radius 1 is 1.00 bits per heavy atom. The summed E-state index contributed by atoms with van der Waals surface area (Å²) in [6, 6.07) is 15.4. The smallest absolute Gasteiger partial charge is 0.408 e. The van der Waals surface area contributed by atoms with Crippen molar-refractivity contribution >= 4 is 47.2 Å². The Hall–Kier alpha value is -5.81. The lowest BCUT2D eigenvalue weighted by Crippen LogP contribution is -2.54. The van der Waals surface area contributed by atoms with Gasteiger partial charge in [-0.15, -0.1) is 0 Å². The Kier molecular flexibility index (Phi) is 14.5. The summed E-state index contributed by atoms with van der Waals surface area (Å²) in [5.74, 6) is -0.503. The van der Waals surface area contributed by atoms with E-state index < -0.39 is 41.8 Å². The molecule has 0 fully saturated rings. The van der Waals surface area contributed by atoms with Crippen molar-refractivity contribution in [3.8, 4) is 40.5 Å². The van der Waals surface area contributed by atoms with Crippen LogP contribution in [0, 0.1) is 29.1 Å². The van der Waals surface area contributed by atoms with Crippen LogP contribution in [0.1, 0.15) is 51.4 Å². The second-order valence-electron chi connectivity index (χ2n) is 12.9. The van der Waals surface area contributed by atoms with Crippen molar-refractivity contribution in [2.75, 3.05) is 18.9 Å². The third kappa shape index (κ3) is 11.8. The van der Waals surface area contributed by atoms with Crippen LogP contribution >= 0.6 is 23.4 Å². The predicted molar refractivity (Wildman–Crippen MR) is 203 cm³/mol. The van der Waals surface area contributed by atoms with Crippen LogP contribution in [-0.2, 0) is 24.8 Å². The molecule has 0 spiro atoms. The number of ether oxygens (including phenoxy) is 3. The zero-order chi connectivity index (χ0) is 40.3. The van der Waals surface area contributed by atoms with Gasteiger partial charge in [0, 0.05) is 28.3 Å². The first-order valence-electron chi connectivity index (χ1n) is 16.8. The zero-order valence-electron chi connectivity index (χ0n) is 30.6. The summed E-state index contributed by atoms with van der Waals surface area (Å²) in [6.45, 7) is 7.55. The van der Waals surface area contributed by atoms with E-state index in [1.807, 2.05) is 0 Å². The topological polar surface area (TPSA) is 236 Å². The first-order valence-corrected chi connectivity index (χ1v) is 18.1. The Labute approximate surface area is 327 Å². The first-order chi connectivity index (χ1) is 26.1. The summed E-state index contributed by atoms with van der Waals surface area (Å²) in [5, 5.41) is 35.9. The summed E-state index contributed by atoms with van der Waals surface area (Å²) < 4.78 is 21.7. The molecule has 17 heteroatoms. The average molecular weight is 789 g/mol. The van der Waals surface area contributed by atoms with Gasteiger partial charge in [-0.05, 0) is 76.6 Å². The van der Waals surface area contributed by atoms with E-state index in [1.165, 1.54) is 38.3 Å². The molecule has 0 saturated carbocycles. The molecule has 2 amide bonds. The fourth-order valence-electron chi connectivity index (χ4n) is 4.79. The number of hydrogen-bond donors (Lipinski definition) is 4. The standard InChI is InChI=1S/C38H39ClN7O8S/c1-21(43-37(50)54-38(3,4)5)33(48)45-31(22(2)47)36(49)52-16-6-15-51-27-13-9-23(10-14-27)30-28(17-40)32(42)46-35(29(30)18-41)55-20-26-19-53-34(44-26)24-7-11-25(39)12-8-24/h6-14,19,21-22,31,47H,15-16,20H2,1-5H3,(H2,42,46)(H,43,50)(H,45,48)/t21-,22+,31-/m0/s1. The molecule has 5 N–H and O–H groups in total. The number of oxazole rings is 1. The zero-order valence-corrected chi connectivity index (χ0v) is 32.2. The number of amides is 2. The molecule has 1 radical (unpaired) electrons. The molecule has 0 bridgehead atoms. The van der Waals surface area contributed by atoms with E-state index >= 15 is 0 Å². The minimum atomic E-state index is -1.40. The van der Waals surface area contributed by atoms with Crippen molar-refractivity contribution in [1.82, 2.24) is 20.6 Å². The number of nitrogens with two attached hydrogens (primary N) is 1. The second kappa shape index (κ2) is 19.0. The second-order valence-corrected chi connectivity index (χ2v) is 14.3. The summed E-state index contributed by atoms with van der Waals surface area (Å²) >= 11 is 7.20. The summed E-state index contributed by atoms with van der Waals surface area (Å²) in [4.78, 5) is 46.1. The Morgan fingerprint density at radius 3 is 2.27 bits per heavy atom. The Balaban J connectivity index is 1.33. The van der Waals surface area contributed by atoms with E-state index in [2.05, 4.69) is 32.7 Å². The number of thioether (sulfide) groups is 1. The van der Waals surface area contributed by atoms with Crippen molar-refractivity contribution in [2.24, 2.45) is 0 Å². The van der Waals surface area contributed by atoms with Crippen LogP contribution in [0.2, 0.25) is 5.02 Å². The van der Waals surface area contributed by atoms with Gasteiger partial charge >= 0.3 is 12.1 Å². The lowest BCUT2D eigenvalue weighted by atomic mass is 9.97. The maximum absolute atomic E-state index is 12.6. The lowest BCUT2D eigenvalue weighted by molar-refractivity contribution is -0.150. The molecule has 2 aromatic carbocycles. The fourth-order valence-corrected chi connectivity index (χ4v) is 5.79. The van der Waals surface area contributed by atoms with Gasteiger partial charge in [0.15, 0.2) is 6.04 Å². The van der Waals surface area contributed by atoms with Gasteiger partial charge in [0.05, 0.1) is 30.6 Å². The molecule has 4 rings (SSSR count). The summed E-state index contributed by atoms with van der Waals surface area (Å²) in [5.41, 5.74) is 7.84. The molecule has 0 saturated heterocycles. The molecule has 4 aromatic rings. The predicted octanol–water partition coefficient (Wildman–Crippen LogP) is 5.58. The molecular weight excluding hydrogens is 750 g/mol. The molecular formula is C38H39ClN7O8S. The third-order valence-corrected chi connectivity index (χ3v) is 8.69. The number of nitriles is 2. The Bertz CT molecular complexity index is 2070. The number of nitrogens with zero attached hydrogens (tertiary/aromatic N) is 4.